The van der Waals surface area contributed by atoms with Crippen LogP contribution in [-0.4, -0.2) is 52.8 Å². The molecular weight excluding hydrogens is 380 g/mol. The summed E-state index contributed by atoms with van der Waals surface area (Å²) < 4.78 is 5.23. The number of hydrogen-bond donors (Lipinski definition) is 1. The summed E-state index contributed by atoms with van der Waals surface area (Å²) in [6, 6.07) is 12.3. The predicted octanol–water partition coefficient (Wildman–Crippen LogP) is 3.74. The summed E-state index contributed by atoms with van der Waals surface area (Å²) in [6.07, 6.45) is 8.00. The van der Waals surface area contributed by atoms with Gasteiger partial charge >= 0.3 is 0 Å². The fourth-order valence-electron chi connectivity index (χ4n) is 4.18. The Morgan fingerprint density at radius 1 is 1.07 bits per heavy atom. The van der Waals surface area contributed by atoms with Gasteiger partial charge < -0.3 is 19.3 Å². The van der Waals surface area contributed by atoms with Gasteiger partial charge in [-0.05, 0) is 55.8 Å². The Balaban J connectivity index is 1.59. The molecule has 1 fully saturated rings. The number of nitrogens with zero attached hydrogens (tertiary/aromatic N) is 2. The molecule has 3 heterocycles. The van der Waals surface area contributed by atoms with Crippen molar-refractivity contribution in [3.8, 4) is 0 Å². The molecule has 6 heteroatoms. The van der Waals surface area contributed by atoms with Gasteiger partial charge in [-0.3, -0.25) is 9.59 Å². The molecule has 1 aromatic heterocycles. The first-order valence-electron chi connectivity index (χ1n) is 10.4. The van der Waals surface area contributed by atoms with Gasteiger partial charge in [0.05, 0.1) is 17.9 Å². The molecule has 2 aliphatic rings. The molecule has 0 spiro atoms. The maximum atomic E-state index is 13.0. The Bertz CT molecular complexity index is 941. The number of carbonyl (C=O) groups is 2. The largest absolute Gasteiger partial charge is 0.503 e. The zero-order valence-electron chi connectivity index (χ0n) is 16.9. The zero-order chi connectivity index (χ0) is 20.9. The van der Waals surface area contributed by atoms with Crippen LogP contribution in [0.2, 0.25) is 0 Å². The Morgan fingerprint density at radius 2 is 1.83 bits per heavy atom. The summed E-state index contributed by atoms with van der Waals surface area (Å²) in [7, 11) is 0. The van der Waals surface area contributed by atoms with Crippen LogP contribution in [0.5, 0.6) is 0 Å². The lowest BCUT2D eigenvalue weighted by Crippen LogP contribution is -2.40. The maximum Gasteiger partial charge on any atom is 0.290 e. The van der Waals surface area contributed by atoms with Crippen LogP contribution in [0.1, 0.15) is 36.6 Å². The molecule has 1 N–H and O–H groups in total. The number of aliphatic hydroxyl groups is 1. The Hall–Kier alpha value is -3.12. The average molecular weight is 406 g/mol. The number of likely N-dealkylation sites (tertiary alicyclic amines) is 1. The van der Waals surface area contributed by atoms with Crippen LogP contribution in [-0.2, 0) is 9.59 Å². The van der Waals surface area contributed by atoms with Gasteiger partial charge in [0.15, 0.2) is 11.5 Å². The van der Waals surface area contributed by atoms with E-state index in [2.05, 4.69) is 4.90 Å². The van der Waals surface area contributed by atoms with Crippen molar-refractivity contribution in [2.24, 2.45) is 0 Å². The lowest BCUT2D eigenvalue weighted by atomic mass is 9.96. The van der Waals surface area contributed by atoms with Crippen molar-refractivity contribution < 1.29 is 19.1 Å². The molecule has 1 amide bonds. The highest BCUT2D eigenvalue weighted by Crippen LogP contribution is 2.37. The standard InChI is InChI=1S/C24H26N2O4/c27-20(12-11-19-10-7-17-30-19)21-22(18-8-3-1-4-9-18)26(24(29)23(21)28)16-15-25-13-5-2-6-14-25/h1,3-4,7-12,17,22,28H,2,5-6,13-16H2/b12-11+. The van der Waals surface area contributed by atoms with Crippen LogP contribution in [0.15, 0.2) is 70.6 Å². The molecule has 6 nitrogen and oxygen atoms in total. The molecule has 0 saturated carbocycles. The van der Waals surface area contributed by atoms with E-state index in [4.69, 9.17) is 4.42 Å². The first kappa shape index (κ1) is 20.2. The summed E-state index contributed by atoms with van der Waals surface area (Å²) in [5.74, 6) is -0.815. The number of hydrogen-bond acceptors (Lipinski definition) is 5. The number of ketones is 1. The lowest BCUT2D eigenvalue weighted by molar-refractivity contribution is -0.129. The first-order chi connectivity index (χ1) is 14.6. The number of carbonyl (C=O) groups excluding carboxylic acids is 2. The third-order valence-electron chi connectivity index (χ3n) is 5.73. The zero-order valence-corrected chi connectivity index (χ0v) is 16.9. The van der Waals surface area contributed by atoms with E-state index in [-0.39, 0.29) is 5.57 Å². The van der Waals surface area contributed by atoms with Crippen molar-refractivity contribution in [3.05, 3.63) is 77.5 Å². The molecule has 0 radical (unpaired) electrons. The van der Waals surface area contributed by atoms with Gasteiger partial charge in [-0.25, -0.2) is 0 Å². The number of benzene rings is 1. The van der Waals surface area contributed by atoms with E-state index in [1.807, 2.05) is 30.3 Å². The van der Waals surface area contributed by atoms with E-state index in [1.54, 1.807) is 23.1 Å². The second kappa shape index (κ2) is 9.13. The monoisotopic (exact) mass is 406 g/mol. The maximum absolute atomic E-state index is 13.0. The third-order valence-corrected chi connectivity index (χ3v) is 5.73. The molecule has 2 aliphatic heterocycles. The molecule has 4 rings (SSSR count). The van der Waals surface area contributed by atoms with Crippen molar-refractivity contribution >= 4 is 17.8 Å². The summed E-state index contributed by atoms with van der Waals surface area (Å²) in [5, 5.41) is 10.6. The van der Waals surface area contributed by atoms with E-state index in [9.17, 15) is 14.7 Å². The van der Waals surface area contributed by atoms with Crippen LogP contribution in [0.25, 0.3) is 6.08 Å². The number of amides is 1. The second-order valence-corrected chi connectivity index (χ2v) is 7.69. The highest BCUT2D eigenvalue weighted by atomic mass is 16.3. The van der Waals surface area contributed by atoms with Crippen molar-refractivity contribution in [2.45, 2.75) is 25.3 Å². The fraction of sp³-hybridized carbons (Fsp3) is 0.333. The molecule has 0 aliphatic carbocycles. The van der Waals surface area contributed by atoms with Crippen molar-refractivity contribution in [1.82, 2.24) is 9.80 Å². The van der Waals surface area contributed by atoms with Gasteiger partial charge in [-0.2, -0.15) is 0 Å². The number of rotatable bonds is 7. The first-order valence-corrected chi connectivity index (χ1v) is 10.4. The molecule has 1 atom stereocenters. The fourth-order valence-corrected chi connectivity index (χ4v) is 4.18. The average Bonchev–Trinajstić information content (AvgIpc) is 3.39. The van der Waals surface area contributed by atoms with E-state index in [1.165, 1.54) is 31.6 Å². The number of allylic oxidation sites excluding steroid dienone is 1. The van der Waals surface area contributed by atoms with E-state index < -0.39 is 23.5 Å². The highest BCUT2D eigenvalue weighted by Gasteiger charge is 2.42. The van der Waals surface area contributed by atoms with E-state index >= 15 is 0 Å². The van der Waals surface area contributed by atoms with Gasteiger partial charge in [-0.1, -0.05) is 36.8 Å². The molecule has 30 heavy (non-hydrogen) atoms. The van der Waals surface area contributed by atoms with Crippen LogP contribution >= 0.6 is 0 Å². The van der Waals surface area contributed by atoms with E-state index in [0.29, 0.717) is 12.3 Å². The molecule has 156 valence electrons. The molecule has 1 unspecified atom stereocenters. The van der Waals surface area contributed by atoms with Crippen molar-refractivity contribution in [1.29, 1.82) is 0 Å². The quantitative estimate of drug-likeness (QED) is 0.709. The summed E-state index contributed by atoms with van der Waals surface area (Å²) in [4.78, 5) is 29.9. The van der Waals surface area contributed by atoms with Gasteiger partial charge in [0.2, 0.25) is 0 Å². The molecule has 2 aromatic rings. The van der Waals surface area contributed by atoms with Crippen LogP contribution in [0, 0.1) is 0 Å². The third kappa shape index (κ3) is 4.24. The lowest BCUT2D eigenvalue weighted by Gasteiger charge is -2.31. The molecular formula is C24H26N2O4. The van der Waals surface area contributed by atoms with Crippen molar-refractivity contribution in [2.75, 3.05) is 26.2 Å². The number of aliphatic hydroxyl groups excluding tert-OH is 1. The molecule has 0 bridgehead atoms. The van der Waals surface area contributed by atoms with Crippen LogP contribution in [0.4, 0.5) is 0 Å². The minimum atomic E-state index is -0.600. The predicted molar refractivity (Wildman–Crippen MR) is 114 cm³/mol. The van der Waals surface area contributed by atoms with Gasteiger partial charge in [0.25, 0.3) is 5.91 Å². The topological polar surface area (TPSA) is 74.0 Å². The summed E-state index contributed by atoms with van der Waals surface area (Å²) >= 11 is 0. The Morgan fingerprint density at radius 3 is 2.53 bits per heavy atom. The number of furan rings is 1. The minimum absolute atomic E-state index is 0.118. The SMILES string of the molecule is O=C(/C=C/c1ccco1)C1=C(O)C(=O)N(CCN2CCCCC2)C1c1ccccc1. The number of piperidine rings is 1. The normalized spacial score (nSPS) is 20.5. The highest BCUT2D eigenvalue weighted by molar-refractivity contribution is 6.14. The summed E-state index contributed by atoms with van der Waals surface area (Å²) in [5.41, 5.74) is 0.927. The summed E-state index contributed by atoms with van der Waals surface area (Å²) in [6.45, 7) is 3.23. The minimum Gasteiger partial charge on any atom is -0.503 e. The Labute approximate surface area is 176 Å². The van der Waals surface area contributed by atoms with Crippen LogP contribution < -0.4 is 0 Å². The Kier molecular flexibility index (Phi) is 6.14. The molecule has 1 saturated heterocycles. The van der Waals surface area contributed by atoms with Crippen molar-refractivity contribution in [3.63, 3.8) is 0 Å². The van der Waals surface area contributed by atoms with Crippen LogP contribution in [0.3, 0.4) is 0 Å². The smallest absolute Gasteiger partial charge is 0.290 e. The van der Waals surface area contributed by atoms with E-state index in [0.717, 1.165) is 25.2 Å². The molecule has 1 aromatic carbocycles. The second-order valence-electron chi connectivity index (χ2n) is 7.69. The van der Waals surface area contributed by atoms with Gasteiger partial charge in [0, 0.05) is 13.1 Å². The van der Waals surface area contributed by atoms with Gasteiger partial charge in [-0.15, -0.1) is 0 Å². The van der Waals surface area contributed by atoms with Gasteiger partial charge in [0.1, 0.15) is 5.76 Å².